The molecular formula is C6H6S2. The van der Waals surface area contributed by atoms with Crippen LogP contribution in [0.25, 0.3) is 0 Å². The van der Waals surface area contributed by atoms with Crippen LogP contribution in [0.2, 0.25) is 0 Å². The van der Waals surface area contributed by atoms with E-state index in [1.54, 1.807) is 23.5 Å². The Bertz CT molecular complexity index is 145. The second-order valence-corrected chi connectivity index (χ2v) is 3.01. The minimum atomic E-state index is 1.23. The molecule has 1 heterocycles. The quantitative estimate of drug-likeness (QED) is 0.552. The van der Waals surface area contributed by atoms with Gasteiger partial charge in [0, 0.05) is 4.91 Å². The topological polar surface area (TPSA) is 0 Å². The predicted octanol–water partition coefficient (Wildman–Crippen LogP) is 2.97. The standard InChI is InChI=1S/C6H6S2/c1-2-6-5-7-3-4-8-6/h2-5H,1H2. The second kappa shape index (κ2) is 3.05. The first-order valence-electron chi connectivity index (χ1n) is 2.23. The molecule has 0 saturated heterocycles. The fraction of sp³-hybridized carbons (Fsp3) is 0. The first-order chi connectivity index (χ1) is 3.93. The van der Waals surface area contributed by atoms with Crippen molar-refractivity contribution in [1.29, 1.82) is 0 Å². The Morgan fingerprint density at radius 3 is 2.75 bits per heavy atom. The Kier molecular flexibility index (Phi) is 2.30. The second-order valence-electron chi connectivity index (χ2n) is 1.25. The van der Waals surface area contributed by atoms with E-state index in [1.807, 2.05) is 6.08 Å². The summed E-state index contributed by atoms with van der Waals surface area (Å²) >= 11 is 3.40. The first-order valence-corrected chi connectivity index (χ1v) is 4.05. The molecule has 2 heteroatoms. The van der Waals surface area contributed by atoms with Crippen molar-refractivity contribution in [2.45, 2.75) is 0 Å². The Morgan fingerprint density at radius 1 is 1.50 bits per heavy atom. The first kappa shape index (κ1) is 6.05. The van der Waals surface area contributed by atoms with Crippen LogP contribution in [0.3, 0.4) is 0 Å². The summed E-state index contributed by atoms with van der Waals surface area (Å²) in [4.78, 5) is 1.23. The Morgan fingerprint density at radius 2 is 2.38 bits per heavy atom. The fourth-order valence-corrected chi connectivity index (χ4v) is 1.80. The van der Waals surface area contributed by atoms with Gasteiger partial charge in [-0.3, -0.25) is 0 Å². The van der Waals surface area contributed by atoms with E-state index in [4.69, 9.17) is 0 Å². The highest BCUT2D eigenvalue weighted by Gasteiger charge is 1.91. The molecule has 0 N–H and O–H groups in total. The van der Waals surface area contributed by atoms with Gasteiger partial charge < -0.3 is 0 Å². The van der Waals surface area contributed by atoms with E-state index in [0.29, 0.717) is 0 Å². The van der Waals surface area contributed by atoms with E-state index in [1.165, 1.54) is 4.91 Å². The van der Waals surface area contributed by atoms with Gasteiger partial charge in [-0.1, -0.05) is 24.4 Å². The molecular weight excluding hydrogens is 136 g/mol. The van der Waals surface area contributed by atoms with Gasteiger partial charge in [-0.25, -0.2) is 0 Å². The van der Waals surface area contributed by atoms with E-state index >= 15 is 0 Å². The molecule has 0 fully saturated rings. The predicted molar refractivity (Wildman–Crippen MR) is 42.6 cm³/mol. The van der Waals surface area contributed by atoms with Crippen molar-refractivity contribution in [3.63, 3.8) is 0 Å². The molecule has 0 saturated carbocycles. The number of rotatable bonds is 1. The minimum Gasteiger partial charge on any atom is -0.104 e. The summed E-state index contributed by atoms with van der Waals surface area (Å²) < 4.78 is 0. The summed E-state index contributed by atoms with van der Waals surface area (Å²) in [6.07, 6.45) is 1.86. The van der Waals surface area contributed by atoms with Crippen molar-refractivity contribution in [3.8, 4) is 0 Å². The van der Waals surface area contributed by atoms with Gasteiger partial charge in [0.2, 0.25) is 0 Å². The van der Waals surface area contributed by atoms with Crippen LogP contribution in [0.5, 0.6) is 0 Å². The van der Waals surface area contributed by atoms with Gasteiger partial charge in [-0.2, -0.15) is 0 Å². The molecule has 1 aliphatic rings. The van der Waals surface area contributed by atoms with Crippen molar-refractivity contribution >= 4 is 23.5 Å². The molecule has 0 aromatic heterocycles. The van der Waals surface area contributed by atoms with Crippen LogP contribution in [0, 0.1) is 0 Å². The normalized spacial score (nSPS) is 17.8. The molecule has 8 heavy (non-hydrogen) atoms. The van der Waals surface area contributed by atoms with E-state index in [-0.39, 0.29) is 0 Å². The number of thioether (sulfide) groups is 2. The molecule has 0 aromatic rings. The van der Waals surface area contributed by atoms with Gasteiger partial charge in [0.15, 0.2) is 0 Å². The van der Waals surface area contributed by atoms with Crippen molar-refractivity contribution in [2.24, 2.45) is 0 Å². The van der Waals surface area contributed by atoms with E-state index < -0.39 is 0 Å². The summed E-state index contributed by atoms with van der Waals surface area (Å²) in [6.45, 7) is 3.65. The third kappa shape index (κ3) is 1.46. The van der Waals surface area contributed by atoms with Gasteiger partial charge >= 0.3 is 0 Å². The monoisotopic (exact) mass is 142 g/mol. The highest BCUT2D eigenvalue weighted by atomic mass is 32.2. The molecule has 0 unspecified atom stereocenters. The van der Waals surface area contributed by atoms with Crippen molar-refractivity contribution in [2.75, 3.05) is 0 Å². The maximum absolute atomic E-state index is 3.65. The van der Waals surface area contributed by atoms with Crippen LogP contribution >= 0.6 is 23.5 Å². The smallest absolute Gasteiger partial charge is 0.0176 e. The van der Waals surface area contributed by atoms with Crippen molar-refractivity contribution < 1.29 is 0 Å². The number of allylic oxidation sites excluding steroid dienone is 1. The van der Waals surface area contributed by atoms with Crippen LogP contribution in [0.1, 0.15) is 0 Å². The van der Waals surface area contributed by atoms with Crippen LogP contribution < -0.4 is 0 Å². The average Bonchev–Trinajstić information content (AvgIpc) is 1.90. The molecule has 0 aromatic carbocycles. The highest BCUT2D eigenvalue weighted by molar-refractivity contribution is 8.11. The van der Waals surface area contributed by atoms with Gasteiger partial charge in [-0.05, 0) is 16.2 Å². The van der Waals surface area contributed by atoms with Crippen LogP contribution in [0.4, 0.5) is 0 Å². The maximum atomic E-state index is 3.65. The van der Waals surface area contributed by atoms with E-state index in [2.05, 4.69) is 22.8 Å². The SMILES string of the molecule is C=CC1=CSC=CS1. The molecule has 1 aliphatic heterocycles. The molecule has 42 valence electrons. The lowest BCUT2D eigenvalue weighted by atomic mass is 10.6. The molecule has 0 aliphatic carbocycles. The molecule has 0 atom stereocenters. The van der Waals surface area contributed by atoms with Crippen LogP contribution in [0.15, 0.2) is 33.8 Å². The molecule has 1 rings (SSSR count). The zero-order valence-corrected chi connectivity index (χ0v) is 5.97. The largest absolute Gasteiger partial charge is 0.104 e. The Balaban J connectivity index is 2.55. The average molecular weight is 142 g/mol. The molecule has 0 nitrogen and oxygen atoms in total. The fourth-order valence-electron chi connectivity index (χ4n) is 0.369. The molecule has 0 bridgehead atoms. The maximum Gasteiger partial charge on any atom is 0.0176 e. The zero-order chi connectivity index (χ0) is 5.82. The van der Waals surface area contributed by atoms with Crippen molar-refractivity contribution in [1.82, 2.24) is 0 Å². The van der Waals surface area contributed by atoms with Crippen molar-refractivity contribution in [3.05, 3.63) is 33.8 Å². The van der Waals surface area contributed by atoms with Gasteiger partial charge in [0.1, 0.15) is 0 Å². The van der Waals surface area contributed by atoms with E-state index in [9.17, 15) is 0 Å². The minimum absolute atomic E-state index is 1.23. The third-order valence-electron chi connectivity index (χ3n) is 0.724. The van der Waals surface area contributed by atoms with Gasteiger partial charge in [0.05, 0.1) is 0 Å². The Hall–Kier alpha value is -0.0800. The summed E-state index contributed by atoms with van der Waals surface area (Å²) in [6, 6.07) is 0. The molecule has 0 amide bonds. The highest BCUT2D eigenvalue weighted by Crippen LogP contribution is 2.27. The lowest BCUT2D eigenvalue weighted by molar-refractivity contribution is 2.02. The van der Waals surface area contributed by atoms with E-state index in [0.717, 1.165) is 0 Å². The van der Waals surface area contributed by atoms with Crippen LogP contribution in [-0.2, 0) is 0 Å². The summed E-state index contributed by atoms with van der Waals surface area (Å²) in [5.41, 5.74) is 0. The summed E-state index contributed by atoms with van der Waals surface area (Å²) in [7, 11) is 0. The summed E-state index contributed by atoms with van der Waals surface area (Å²) in [5, 5.41) is 6.19. The number of hydrogen-bond acceptors (Lipinski definition) is 2. The lowest BCUT2D eigenvalue weighted by Gasteiger charge is -1.98. The molecule has 0 radical (unpaired) electrons. The third-order valence-corrected chi connectivity index (χ3v) is 2.56. The number of hydrogen-bond donors (Lipinski definition) is 0. The summed E-state index contributed by atoms with van der Waals surface area (Å²) in [5.74, 6) is 0. The zero-order valence-electron chi connectivity index (χ0n) is 4.33. The van der Waals surface area contributed by atoms with Crippen LogP contribution in [-0.4, -0.2) is 0 Å². The van der Waals surface area contributed by atoms with Gasteiger partial charge in [0.25, 0.3) is 0 Å². The molecule has 0 spiro atoms. The lowest BCUT2D eigenvalue weighted by Crippen LogP contribution is -1.66. The Labute approximate surface area is 57.7 Å². The van der Waals surface area contributed by atoms with Gasteiger partial charge in [-0.15, -0.1) is 11.8 Å².